The van der Waals surface area contributed by atoms with Crippen LogP contribution in [0.15, 0.2) is 18.2 Å². The van der Waals surface area contributed by atoms with Gasteiger partial charge in [0.15, 0.2) is 0 Å². The van der Waals surface area contributed by atoms with Crippen LogP contribution in [0.1, 0.15) is 5.56 Å². The van der Waals surface area contributed by atoms with E-state index in [4.69, 9.17) is 15.7 Å². The molecule has 0 saturated heterocycles. The number of hydrogen-bond donors (Lipinski definition) is 1. The number of anilines is 1. The Hall–Kier alpha value is -1.40. The van der Waals surface area contributed by atoms with E-state index in [1.54, 1.807) is 25.3 Å². The molecule has 0 atom stereocenters. The number of ether oxygens (including phenoxy) is 1. The summed E-state index contributed by atoms with van der Waals surface area (Å²) >= 11 is 0. The maximum atomic E-state index is 8.55. The van der Waals surface area contributed by atoms with Crippen LogP contribution in [0.25, 0.3) is 0 Å². The molecule has 0 radical (unpaired) electrons. The van der Waals surface area contributed by atoms with Crippen molar-refractivity contribution < 1.29 is 4.74 Å². The van der Waals surface area contributed by atoms with Gasteiger partial charge in [-0.15, -0.1) is 12.4 Å². The van der Waals surface area contributed by atoms with E-state index in [1.807, 2.05) is 6.07 Å². The lowest BCUT2D eigenvalue weighted by atomic mass is 10.2. The quantitative estimate of drug-likeness (QED) is 0.674. The number of benzene rings is 1. The molecule has 0 aliphatic carbocycles. The van der Waals surface area contributed by atoms with Gasteiger partial charge in [0.2, 0.25) is 0 Å². The van der Waals surface area contributed by atoms with Crippen molar-refractivity contribution >= 4 is 18.1 Å². The summed E-state index contributed by atoms with van der Waals surface area (Å²) in [5, 5.41) is 8.55. The molecule has 0 heterocycles. The van der Waals surface area contributed by atoms with E-state index in [0.717, 1.165) is 0 Å². The number of hydrogen-bond acceptors (Lipinski definition) is 3. The van der Waals surface area contributed by atoms with Crippen molar-refractivity contribution in [2.45, 2.75) is 0 Å². The highest BCUT2D eigenvalue weighted by Crippen LogP contribution is 2.17. The Morgan fingerprint density at radius 1 is 1.50 bits per heavy atom. The molecule has 0 bridgehead atoms. The fraction of sp³-hybridized carbons (Fsp3) is 0.125. The highest BCUT2D eigenvalue weighted by molar-refractivity contribution is 5.85. The predicted octanol–water partition coefficient (Wildman–Crippen LogP) is 1.57. The molecule has 0 amide bonds. The van der Waals surface area contributed by atoms with Crippen molar-refractivity contribution in [3.8, 4) is 11.8 Å². The third kappa shape index (κ3) is 2.04. The summed E-state index contributed by atoms with van der Waals surface area (Å²) in [6, 6.07) is 6.94. The third-order valence-electron chi connectivity index (χ3n) is 1.38. The van der Waals surface area contributed by atoms with Crippen LogP contribution < -0.4 is 10.5 Å². The van der Waals surface area contributed by atoms with Crippen molar-refractivity contribution in [1.29, 1.82) is 5.26 Å². The highest BCUT2D eigenvalue weighted by Gasteiger charge is 1.98. The fourth-order valence-corrected chi connectivity index (χ4v) is 0.759. The summed E-state index contributed by atoms with van der Waals surface area (Å²) < 4.78 is 4.90. The largest absolute Gasteiger partial charge is 0.497 e. The van der Waals surface area contributed by atoms with Crippen LogP contribution in [0, 0.1) is 11.3 Å². The molecule has 0 fully saturated rings. The van der Waals surface area contributed by atoms with Gasteiger partial charge in [-0.25, -0.2) is 0 Å². The zero-order valence-corrected chi connectivity index (χ0v) is 7.39. The Bertz CT molecular complexity index is 306. The monoisotopic (exact) mass is 184 g/mol. The minimum absolute atomic E-state index is 0. The van der Waals surface area contributed by atoms with Crippen molar-refractivity contribution in [2.24, 2.45) is 0 Å². The topological polar surface area (TPSA) is 59.0 Å². The lowest BCUT2D eigenvalue weighted by molar-refractivity contribution is 0.415. The fourth-order valence-electron chi connectivity index (χ4n) is 0.759. The summed E-state index contributed by atoms with van der Waals surface area (Å²) in [4.78, 5) is 0. The standard InChI is InChI=1S/C8H8N2O.ClH/c1-11-7-2-3-8(10)6(4-7)5-9;/h2-4H,10H2,1H3;1H. The summed E-state index contributed by atoms with van der Waals surface area (Å²) in [7, 11) is 1.55. The number of halogens is 1. The van der Waals surface area contributed by atoms with Crippen molar-refractivity contribution in [3.05, 3.63) is 23.8 Å². The normalized spacial score (nSPS) is 8.00. The van der Waals surface area contributed by atoms with Gasteiger partial charge in [0, 0.05) is 5.69 Å². The first-order valence-corrected chi connectivity index (χ1v) is 3.11. The van der Waals surface area contributed by atoms with Crippen molar-refractivity contribution in [2.75, 3.05) is 12.8 Å². The number of methoxy groups -OCH3 is 1. The lowest BCUT2D eigenvalue weighted by Crippen LogP contribution is -1.91. The van der Waals surface area contributed by atoms with Crippen LogP contribution in [0.4, 0.5) is 5.69 Å². The highest BCUT2D eigenvalue weighted by atomic mass is 35.5. The van der Waals surface area contributed by atoms with Gasteiger partial charge in [-0.05, 0) is 18.2 Å². The van der Waals surface area contributed by atoms with Crippen LogP contribution in [0.5, 0.6) is 5.75 Å². The summed E-state index contributed by atoms with van der Waals surface area (Å²) in [6.07, 6.45) is 0. The van der Waals surface area contributed by atoms with Crippen molar-refractivity contribution in [1.82, 2.24) is 0 Å². The third-order valence-corrected chi connectivity index (χ3v) is 1.38. The second-order valence-electron chi connectivity index (χ2n) is 2.06. The molecule has 0 aliphatic rings. The van der Waals surface area contributed by atoms with Gasteiger partial charge in [-0.2, -0.15) is 5.26 Å². The minimum Gasteiger partial charge on any atom is -0.497 e. The molecule has 1 aromatic carbocycles. The Kier molecular flexibility index (Phi) is 3.95. The molecule has 2 N–H and O–H groups in total. The summed E-state index contributed by atoms with van der Waals surface area (Å²) in [6.45, 7) is 0. The van der Waals surface area contributed by atoms with E-state index in [1.165, 1.54) is 0 Å². The number of nitrogens with zero attached hydrogens (tertiary/aromatic N) is 1. The SMILES string of the molecule is COc1ccc(N)c(C#N)c1.Cl. The average Bonchev–Trinajstić information content (AvgIpc) is 2.05. The van der Waals surface area contributed by atoms with Gasteiger partial charge in [-0.3, -0.25) is 0 Å². The Morgan fingerprint density at radius 3 is 2.67 bits per heavy atom. The second-order valence-corrected chi connectivity index (χ2v) is 2.06. The first-order chi connectivity index (χ1) is 5.27. The molecular weight excluding hydrogens is 176 g/mol. The first kappa shape index (κ1) is 10.6. The lowest BCUT2D eigenvalue weighted by Gasteiger charge is -2.00. The number of rotatable bonds is 1. The van der Waals surface area contributed by atoms with Crippen LogP contribution in [-0.4, -0.2) is 7.11 Å². The van der Waals surface area contributed by atoms with Gasteiger partial charge in [-0.1, -0.05) is 0 Å². The molecule has 0 aliphatic heterocycles. The maximum Gasteiger partial charge on any atom is 0.120 e. The van der Waals surface area contributed by atoms with Crippen LogP contribution in [0.3, 0.4) is 0 Å². The zero-order chi connectivity index (χ0) is 8.27. The van der Waals surface area contributed by atoms with Crippen molar-refractivity contribution in [3.63, 3.8) is 0 Å². The Labute approximate surface area is 77.2 Å². The van der Waals surface area contributed by atoms with E-state index in [-0.39, 0.29) is 12.4 Å². The average molecular weight is 185 g/mol. The molecule has 0 aromatic heterocycles. The van der Waals surface area contributed by atoms with Gasteiger partial charge in [0.05, 0.1) is 12.7 Å². The molecule has 64 valence electrons. The Balaban J connectivity index is 0.00000121. The molecule has 12 heavy (non-hydrogen) atoms. The Morgan fingerprint density at radius 2 is 2.17 bits per heavy atom. The molecule has 3 nitrogen and oxygen atoms in total. The van der Waals surface area contributed by atoms with Gasteiger partial charge < -0.3 is 10.5 Å². The maximum absolute atomic E-state index is 8.55. The predicted molar refractivity (Wildman–Crippen MR) is 49.4 cm³/mol. The molecule has 0 unspecified atom stereocenters. The van der Waals surface area contributed by atoms with Crippen LogP contribution in [-0.2, 0) is 0 Å². The number of nitrogens with two attached hydrogens (primary N) is 1. The number of nitrogen functional groups attached to an aromatic ring is 1. The van der Waals surface area contributed by atoms with Gasteiger partial charge >= 0.3 is 0 Å². The molecule has 0 spiro atoms. The zero-order valence-electron chi connectivity index (χ0n) is 6.57. The van der Waals surface area contributed by atoms with E-state index in [9.17, 15) is 0 Å². The molecule has 1 rings (SSSR count). The first-order valence-electron chi connectivity index (χ1n) is 3.11. The number of nitriles is 1. The summed E-state index contributed by atoms with van der Waals surface area (Å²) in [5.74, 6) is 0.649. The van der Waals surface area contributed by atoms with E-state index >= 15 is 0 Å². The van der Waals surface area contributed by atoms with E-state index in [2.05, 4.69) is 0 Å². The van der Waals surface area contributed by atoms with Gasteiger partial charge in [0.1, 0.15) is 11.8 Å². The van der Waals surface area contributed by atoms with E-state index < -0.39 is 0 Å². The molecule has 4 heteroatoms. The smallest absolute Gasteiger partial charge is 0.120 e. The minimum atomic E-state index is 0. The van der Waals surface area contributed by atoms with E-state index in [0.29, 0.717) is 17.0 Å². The molecule has 1 aromatic rings. The van der Waals surface area contributed by atoms with Gasteiger partial charge in [0.25, 0.3) is 0 Å². The molecule has 0 saturated carbocycles. The summed E-state index contributed by atoms with van der Waals surface area (Å²) in [5.41, 5.74) is 6.40. The molecular formula is C8H9ClN2O. The second kappa shape index (κ2) is 4.47. The van der Waals surface area contributed by atoms with Crippen LogP contribution in [0.2, 0.25) is 0 Å². The van der Waals surface area contributed by atoms with Crippen LogP contribution >= 0.6 is 12.4 Å².